The first kappa shape index (κ1) is 17.9. The fourth-order valence-electron chi connectivity index (χ4n) is 3.15. The lowest BCUT2D eigenvalue weighted by Crippen LogP contribution is -2.19. The first-order valence-corrected chi connectivity index (χ1v) is 9.19. The van der Waals surface area contributed by atoms with Gasteiger partial charge in [-0.1, -0.05) is 19.1 Å². The Kier molecular flexibility index (Phi) is 4.89. The summed E-state index contributed by atoms with van der Waals surface area (Å²) in [6, 6.07) is 15.7. The topological polar surface area (TPSA) is 64.7 Å². The zero-order chi connectivity index (χ0) is 19.5. The van der Waals surface area contributed by atoms with Crippen LogP contribution in [0.4, 0.5) is 10.2 Å². The van der Waals surface area contributed by atoms with Gasteiger partial charge in [-0.15, -0.1) is 0 Å². The molecule has 0 radical (unpaired) electrons. The van der Waals surface area contributed by atoms with E-state index < -0.39 is 0 Å². The standard InChI is InChI=1S/C21H20FN5O/c1-2-12-27-19-6-4-3-5-17(19)21(25-27)23-20(28)14-26-13-11-18(24-26)15-7-9-16(22)10-8-15/h3-11,13H,2,12,14H2,1H3,(H,23,25,28). The molecule has 28 heavy (non-hydrogen) atoms. The molecule has 1 amide bonds. The SMILES string of the molecule is CCCn1nc(NC(=O)Cn2ccc(-c3ccc(F)cc3)n2)c2ccccc21. The third kappa shape index (κ3) is 3.64. The molecule has 7 heteroatoms. The summed E-state index contributed by atoms with van der Waals surface area (Å²) in [5.41, 5.74) is 2.48. The van der Waals surface area contributed by atoms with Gasteiger partial charge in [-0.25, -0.2) is 4.39 Å². The third-order valence-electron chi connectivity index (χ3n) is 4.44. The molecule has 4 rings (SSSR count). The Morgan fingerprint density at radius 3 is 2.64 bits per heavy atom. The van der Waals surface area contributed by atoms with E-state index in [0.717, 1.165) is 29.4 Å². The number of benzene rings is 2. The minimum absolute atomic E-state index is 0.0656. The first-order valence-electron chi connectivity index (χ1n) is 9.19. The molecule has 2 heterocycles. The van der Waals surface area contributed by atoms with Crippen molar-refractivity contribution in [2.75, 3.05) is 5.32 Å². The highest BCUT2D eigenvalue weighted by Gasteiger charge is 2.13. The van der Waals surface area contributed by atoms with Crippen molar-refractivity contribution in [2.45, 2.75) is 26.4 Å². The fourth-order valence-corrected chi connectivity index (χ4v) is 3.15. The second kappa shape index (κ2) is 7.64. The van der Waals surface area contributed by atoms with Crippen molar-refractivity contribution < 1.29 is 9.18 Å². The second-order valence-electron chi connectivity index (χ2n) is 6.54. The molecule has 0 bridgehead atoms. The van der Waals surface area contributed by atoms with Crippen molar-refractivity contribution in [1.29, 1.82) is 0 Å². The summed E-state index contributed by atoms with van der Waals surface area (Å²) < 4.78 is 16.5. The van der Waals surface area contributed by atoms with Crippen LogP contribution in [0.1, 0.15) is 13.3 Å². The van der Waals surface area contributed by atoms with Crippen LogP contribution in [0.5, 0.6) is 0 Å². The number of para-hydroxylation sites is 1. The molecule has 1 N–H and O–H groups in total. The van der Waals surface area contributed by atoms with E-state index in [1.165, 1.54) is 12.1 Å². The second-order valence-corrected chi connectivity index (χ2v) is 6.54. The average Bonchev–Trinajstić information content (AvgIpc) is 3.28. The van der Waals surface area contributed by atoms with Crippen molar-refractivity contribution in [1.82, 2.24) is 19.6 Å². The summed E-state index contributed by atoms with van der Waals surface area (Å²) in [4.78, 5) is 12.5. The van der Waals surface area contributed by atoms with Crippen LogP contribution in [-0.4, -0.2) is 25.5 Å². The Balaban J connectivity index is 1.49. The van der Waals surface area contributed by atoms with Crippen LogP contribution in [-0.2, 0) is 17.9 Å². The summed E-state index contributed by atoms with van der Waals surface area (Å²) in [5, 5.41) is 12.7. The zero-order valence-electron chi connectivity index (χ0n) is 15.5. The Hall–Kier alpha value is -3.48. The normalized spacial score (nSPS) is 11.1. The molecule has 0 atom stereocenters. The molecule has 2 aromatic carbocycles. The van der Waals surface area contributed by atoms with Crippen molar-refractivity contribution in [3.05, 3.63) is 66.6 Å². The van der Waals surface area contributed by atoms with Crippen LogP contribution in [0.3, 0.4) is 0 Å². The number of nitrogens with zero attached hydrogens (tertiary/aromatic N) is 4. The van der Waals surface area contributed by atoms with Crippen LogP contribution in [0.2, 0.25) is 0 Å². The van der Waals surface area contributed by atoms with Gasteiger partial charge in [-0.05, 0) is 48.9 Å². The number of aromatic nitrogens is 4. The highest BCUT2D eigenvalue weighted by molar-refractivity contribution is 5.99. The smallest absolute Gasteiger partial charge is 0.247 e. The van der Waals surface area contributed by atoms with Crippen molar-refractivity contribution in [3.8, 4) is 11.3 Å². The molecule has 0 aliphatic carbocycles. The Morgan fingerprint density at radius 1 is 1.07 bits per heavy atom. The van der Waals surface area contributed by atoms with Gasteiger partial charge in [0.05, 0.1) is 11.2 Å². The van der Waals surface area contributed by atoms with E-state index in [9.17, 15) is 9.18 Å². The summed E-state index contributed by atoms with van der Waals surface area (Å²) in [6.07, 6.45) is 2.69. The Labute approximate surface area is 161 Å². The van der Waals surface area contributed by atoms with E-state index in [2.05, 4.69) is 22.4 Å². The third-order valence-corrected chi connectivity index (χ3v) is 4.44. The summed E-state index contributed by atoms with van der Waals surface area (Å²) in [5.74, 6) is 0.0536. The number of carbonyl (C=O) groups is 1. The number of anilines is 1. The maximum Gasteiger partial charge on any atom is 0.247 e. The van der Waals surface area contributed by atoms with Crippen LogP contribution >= 0.6 is 0 Å². The van der Waals surface area contributed by atoms with Crippen LogP contribution in [0, 0.1) is 5.82 Å². The lowest BCUT2D eigenvalue weighted by atomic mass is 10.1. The monoisotopic (exact) mass is 377 g/mol. The largest absolute Gasteiger partial charge is 0.307 e. The molecule has 0 saturated heterocycles. The van der Waals surface area contributed by atoms with Gasteiger partial charge >= 0.3 is 0 Å². The number of aryl methyl sites for hydroxylation is 1. The predicted molar refractivity (Wildman–Crippen MR) is 106 cm³/mol. The molecule has 0 fully saturated rings. The zero-order valence-corrected chi connectivity index (χ0v) is 15.5. The highest BCUT2D eigenvalue weighted by Crippen LogP contribution is 2.23. The van der Waals surface area contributed by atoms with Crippen LogP contribution in [0.25, 0.3) is 22.2 Å². The summed E-state index contributed by atoms with van der Waals surface area (Å²) in [7, 11) is 0. The lowest BCUT2D eigenvalue weighted by Gasteiger charge is -2.03. The lowest BCUT2D eigenvalue weighted by molar-refractivity contribution is -0.116. The van der Waals surface area contributed by atoms with Gasteiger partial charge < -0.3 is 5.32 Å². The maximum atomic E-state index is 13.1. The number of carbonyl (C=O) groups excluding carboxylic acids is 1. The highest BCUT2D eigenvalue weighted by atomic mass is 19.1. The molecule has 0 unspecified atom stereocenters. The van der Waals surface area contributed by atoms with Gasteiger partial charge in [0.15, 0.2) is 5.82 Å². The van der Waals surface area contributed by atoms with Crippen molar-refractivity contribution in [2.24, 2.45) is 0 Å². The molecular formula is C21H20FN5O. The van der Waals surface area contributed by atoms with Crippen LogP contribution < -0.4 is 5.32 Å². The number of amides is 1. The van der Waals surface area contributed by atoms with E-state index >= 15 is 0 Å². The molecule has 0 aliphatic rings. The van der Waals surface area contributed by atoms with Gasteiger partial charge in [0.25, 0.3) is 0 Å². The van der Waals surface area contributed by atoms with Crippen molar-refractivity contribution in [3.63, 3.8) is 0 Å². The minimum Gasteiger partial charge on any atom is -0.307 e. The fraction of sp³-hybridized carbons (Fsp3) is 0.190. The number of hydrogen-bond acceptors (Lipinski definition) is 3. The van der Waals surface area contributed by atoms with Crippen molar-refractivity contribution >= 4 is 22.6 Å². The van der Waals surface area contributed by atoms with E-state index in [4.69, 9.17) is 0 Å². The summed E-state index contributed by atoms with van der Waals surface area (Å²) >= 11 is 0. The van der Waals surface area contributed by atoms with Gasteiger partial charge in [-0.2, -0.15) is 10.2 Å². The maximum absolute atomic E-state index is 13.1. The van der Waals surface area contributed by atoms with Gasteiger partial charge in [0.2, 0.25) is 5.91 Å². The molecule has 2 aromatic heterocycles. The number of fused-ring (bicyclic) bond motifs is 1. The van der Waals surface area contributed by atoms with Gasteiger partial charge in [0.1, 0.15) is 12.4 Å². The first-order chi connectivity index (χ1) is 13.6. The predicted octanol–water partition coefficient (Wildman–Crippen LogP) is 4.09. The van der Waals surface area contributed by atoms with E-state index in [1.54, 1.807) is 29.1 Å². The van der Waals surface area contributed by atoms with E-state index in [-0.39, 0.29) is 18.3 Å². The van der Waals surface area contributed by atoms with Gasteiger partial charge in [-0.3, -0.25) is 14.2 Å². The molecular weight excluding hydrogens is 357 g/mol. The number of hydrogen-bond donors (Lipinski definition) is 1. The van der Waals surface area contributed by atoms with Gasteiger partial charge in [0, 0.05) is 23.7 Å². The van der Waals surface area contributed by atoms with E-state index in [0.29, 0.717) is 11.5 Å². The molecule has 6 nitrogen and oxygen atoms in total. The quantitative estimate of drug-likeness (QED) is 0.550. The average molecular weight is 377 g/mol. The molecule has 0 saturated carbocycles. The van der Waals surface area contributed by atoms with Crippen LogP contribution in [0.15, 0.2) is 60.8 Å². The number of nitrogens with one attached hydrogen (secondary N) is 1. The number of halogens is 1. The summed E-state index contributed by atoms with van der Waals surface area (Å²) in [6.45, 7) is 2.94. The minimum atomic E-state index is -0.294. The number of rotatable bonds is 6. The molecule has 142 valence electrons. The molecule has 0 aliphatic heterocycles. The Morgan fingerprint density at radius 2 is 1.86 bits per heavy atom. The molecule has 4 aromatic rings. The van der Waals surface area contributed by atoms with E-state index in [1.807, 2.05) is 28.9 Å². The Bertz CT molecular complexity index is 1110. The molecule has 0 spiro atoms.